The van der Waals surface area contributed by atoms with Crippen LogP contribution in [-0.4, -0.2) is 58.8 Å². The molecule has 2 saturated heterocycles. The van der Waals surface area contributed by atoms with Crippen molar-refractivity contribution >= 4 is 0 Å². The zero-order valence-corrected chi connectivity index (χ0v) is 13.2. The third kappa shape index (κ3) is 4.05. The van der Waals surface area contributed by atoms with Crippen molar-refractivity contribution in [2.45, 2.75) is 31.7 Å². The summed E-state index contributed by atoms with van der Waals surface area (Å²) in [6.07, 6.45) is 9.39. The molecule has 1 atom stereocenters. The Kier molecular flexibility index (Phi) is 4.93. The molecule has 1 aromatic heterocycles. The van der Waals surface area contributed by atoms with E-state index in [1.807, 2.05) is 24.1 Å². The molecule has 21 heavy (non-hydrogen) atoms. The molecule has 0 saturated carbocycles. The van der Waals surface area contributed by atoms with Crippen LogP contribution in [0.25, 0.3) is 0 Å². The largest absolute Gasteiger partial charge is 0.323 e. The Hall–Kier alpha value is -0.910. The minimum Gasteiger partial charge on any atom is -0.323 e. The van der Waals surface area contributed by atoms with E-state index in [2.05, 4.69) is 14.9 Å². The van der Waals surface area contributed by atoms with Crippen LogP contribution in [0.4, 0.5) is 0 Å². The lowest BCUT2D eigenvalue weighted by Crippen LogP contribution is -2.41. The zero-order valence-electron chi connectivity index (χ0n) is 13.2. The van der Waals surface area contributed by atoms with Gasteiger partial charge in [-0.2, -0.15) is 5.10 Å². The minimum atomic E-state index is 0.0915. The van der Waals surface area contributed by atoms with Crippen molar-refractivity contribution in [1.29, 1.82) is 0 Å². The van der Waals surface area contributed by atoms with Gasteiger partial charge in [-0.15, -0.1) is 0 Å². The van der Waals surface area contributed by atoms with Crippen molar-refractivity contribution in [1.82, 2.24) is 19.6 Å². The fourth-order valence-electron chi connectivity index (χ4n) is 3.70. The van der Waals surface area contributed by atoms with Crippen molar-refractivity contribution in [2.24, 2.45) is 18.7 Å². The van der Waals surface area contributed by atoms with Crippen molar-refractivity contribution < 1.29 is 0 Å². The smallest absolute Gasteiger partial charge is 0.0537 e. The molecule has 2 fully saturated rings. The van der Waals surface area contributed by atoms with Gasteiger partial charge < -0.3 is 15.5 Å². The van der Waals surface area contributed by atoms with E-state index in [0.717, 1.165) is 18.0 Å². The molecule has 0 aromatic carbocycles. The molecule has 3 heterocycles. The number of aromatic nitrogens is 2. The number of nitrogens with zero attached hydrogens (tertiary/aromatic N) is 4. The molecule has 1 unspecified atom stereocenters. The van der Waals surface area contributed by atoms with Gasteiger partial charge in [-0.25, -0.2) is 0 Å². The topological polar surface area (TPSA) is 50.3 Å². The summed E-state index contributed by atoms with van der Waals surface area (Å²) < 4.78 is 1.83. The van der Waals surface area contributed by atoms with E-state index in [4.69, 9.17) is 5.73 Å². The number of hydrogen-bond donors (Lipinski definition) is 1. The lowest BCUT2D eigenvalue weighted by atomic mass is 9.95. The van der Waals surface area contributed by atoms with Gasteiger partial charge in [0.1, 0.15) is 0 Å². The van der Waals surface area contributed by atoms with Gasteiger partial charge in [0.25, 0.3) is 0 Å². The first-order valence-corrected chi connectivity index (χ1v) is 8.39. The minimum absolute atomic E-state index is 0.0915. The van der Waals surface area contributed by atoms with E-state index in [1.165, 1.54) is 58.4 Å². The highest BCUT2D eigenvalue weighted by molar-refractivity contribution is 5.10. The molecule has 118 valence electrons. The maximum Gasteiger partial charge on any atom is 0.0537 e. The van der Waals surface area contributed by atoms with Crippen LogP contribution in [-0.2, 0) is 7.05 Å². The maximum atomic E-state index is 6.30. The molecule has 0 bridgehead atoms. The van der Waals surface area contributed by atoms with Gasteiger partial charge in [-0.05, 0) is 57.8 Å². The standard InChI is InChI=1S/C16H29N5/c1-19-12-15(10-18-19)16(17)13-21-8-4-14(5-9-21)11-20-6-2-3-7-20/h10,12,14,16H,2-9,11,13,17H2,1H3. The van der Waals surface area contributed by atoms with E-state index in [-0.39, 0.29) is 6.04 Å². The molecule has 2 N–H and O–H groups in total. The highest BCUT2D eigenvalue weighted by Crippen LogP contribution is 2.22. The first kappa shape index (κ1) is 15.0. The number of likely N-dealkylation sites (tertiary alicyclic amines) is 2. The van der Waals surface area contributed by atoms with Crippen LogP contribution in [0.1, 0.15) is 37.3 Å². The number of nitrogens with two attached hydrogens (primary N) is 1. The molecular formula is C16H29N5. The van der Waals surface area contributed by atoms with E-state index in [9.17, 15) is 0 Å². The fraction of sp³-hybridized carbons (Fsp3) is 0.812. The number of hydrogen-bond acceptors (Lipinski definition) is 4. The van der Waals surface area contributed by atoms with E-state index in [0.29, 0.717) is 0 Å². The van der Waals surface area contributed by atoms with E-state index >= 15 is 0 Å². The van der Waals surface area contributed by atoms with Gasteiger partial charge in [0, 0.05) is 37.9 Å². The third-order valence-electron chi connectivity index (χ3n) is 5.03. The second kappa shape index (κ2) is 6.90. The molecule has 2 aliphatic heterocycles. The van der Waals surface area contributed by atoms with Crippen molar-refractivity contribution in [2.75, 3.05) is 39.3 Å². The summed E-state index contributed by atoms with van der Waals surface area (Å²) in [5.41, 5.74) is 7.45. The average Bonchev–Trinajstić information content (AvgIpc) is 3.12. The molecule has 5 nitrogen and oxygen atoms in total. The van der Waals surface area contributed by atoms with Crippen molar-refractivity contribution in [3.8, 4) is 0 Å². The Morgan fingerprint density at radius 1 is 1.19 bits per heavy atom. The van der Waals surface area contributed by atoms with Crippen molar-refractivity contribution in [3.05, 3.63) is 18.0 Å². The van der Waals surface area contributed by atoms with Gasteiger partial charge in [0.15, 0.2) is 0 Å². The van der Waals surface area contributed by atoms with E-state index in [1.54, 1.807) is 0 Å². The molecule has 0 amide bonds. The first-order chi connectivity index (χ1) is 10.2. The normalized spacial score (nSPS) is 23.7. The summed E-state index contributed by atoms with van der Waals surface area (Å²) in [6.45, 7) is 7.34. The van der Waals surface area contributed by atoms with Gasteiger partial charge in [0.05, 0.1) is 6.20 Å². The summed E-state index contributed by atoms with van der Waals surface area (Å²) in [5, 5.41) is 4.21. The zero-order chi connectivity index (χ0) is 14.7. The molecule has 0 radical (unpaired) electrons. The molecule has 0 spiro atoms. The van der Waals surface area contributed by atoms with Gasteiger partial charge in [-0.1, -0.05) is 0 Å². The van der Waals surface area contributed by atoms with Crippen LogP contribution < -0.4 is 5.73 Å². The molecule has 0 aliphatic carbocycles. The summed E-state index contributed by atoms with van der Waals surface area (Å²) in [5.74, 6) is 0.897. The summed E-state index contributed by atoms with van der Waals surface area (Å²) >= 11 is 0. The molecule has 1 aromatic rings. The summed E-state index contributed by atoms with van der Waals surface area (Å²) in [7, 11) is 1.94. The number of aryl methyl sites for hydroxylation is 1. The Morgan fingerprint density at radius 3 is 2.52 bits per heavy atom. The van der Waals surface area contributed by atoms with Gasteiger partial charge in [0.2, 0.25) is 0 Å². The van der Waals surface area contributed by atoms with Crippen LogP contribution in [0.3, 0.4) is 0 Å². The second-order valence-electron chi connectivity index (χ2n) is 6.81. The predicted octanol–water partition coefficient (Wildman–Crippen LogP) is 1.23. The Morgan fingerprint density at radius 2 is 1.90 bits per heavy atom. The predicted molar refractivity (Wildman–Crippen MR) is 85.0 cm³/mol. The lowest BCUT2D eigenvalue weighted by molar-refractivity contribution is 0.148. The average molecular weight is 291 g/mol. The SMILES string of the molecule is Cn1cc(C(N)CN2CCC(CN3CCCC3)CC2)cn1. The Bertz CT molecular complexity index is 430. The third-order valence-corrected chi connectivity index (χ3v) is 5.03. The Balaban J connectivity index is 1.41. The summed E-state index contributed by atoms with van der Waals surface area (Å²) in [4.78, 5) is 5.18. The second-order valence-corrected chi connectivity index (χ2v) is 6.81. The number of piperidine rings is 1. The molecular weight excluding hydrogens is 262 g/mol. The van der Waals surface area contributed by atoms with Crippen LogP contribution in [0.5, 0.6) is 0 Å². The maximum absolute atomic E-state index is 6.30. The summed E-state index contributed by atoms with van der Waals surface area (Å²) in [6, 6.07) is 0.0915. The highest BCUT2D eigenvalue weighted by atomic mass is 15.2. The lowest BCUT2D eigenvalue weighted by Gasteiger charge is -2.34. The number of rotatable bonds is 5. The quantitative estimate of drug-likeness (QED) is 0.886. The first-order valence-electron chi connectivity index (χ1n) is 8.39. The fourth-order valence-corrected chi connectivity index (χ4v) is 3.70. The van der Waals surface area contributed by atoms with Gasteiger partial charge in [-0.3, -0.25) is 4.68 Å². The van der Waals surface area contributed by atoms with Crippen LogP contribution >= 0.6 is 0 Å². The highest BCUT2D eigenvalue weighted by Gasteiger charge is 2.24. The van der Waals surface area contributed by atoms with Crippen LogP contribution in [0.15, 0.2) is 12.4 Å². The van der Waals surface area contributed by atoms with E-state index < -0.39 is 0 Å². The molecule has 2 aliphatic rings. The Labute approximate surface area is 128 Å². The monoisotopic (exact) mass is 291 g/mol. The molecule has 5 heteroatoms. The van der Waals surface area contributed by atoms with Gasteiger partial charge >= 0.3 is 0 Å². The van der Waals surface area contributed by atoms with Crippen LogP contribution in [0.2, 0.25) is 0 Å². The molecule has 3 rings (SSSR count). The van der Waals surface area contributed by atoms with Crippen molar-refractivity contribution in [3.63, 3.8) is 0 Å². The van der Waals surface area contributed by atoms with Crippen LogP contribution in [0, 0.1) is 5.92 Å².